The summed E-state index contributed by atoms with van der Waals surface area (Å²) < 4.78 is 16.7. The normalized spacial score (nSPS) is 13.9. The summed E-state index contributed by atoms with van der Waals surface area (Å²) in [6, 6.07) is 2.09. The molecular formula is C7H19NO3Si3. The molecule has 0 aromatic heterocycles. The molecular weight excluding hydrogens is 230 g/mol. The lowest BCUT2D eigenvalue weighted by Gasteiger charge is -2.25. The molecule has 0 amide bonds. The topological polar surface area (TPSA) is 51.5 Å². The first kappa shape index (κ1) is 14.0. The van der Waals surface area contributed by atoms with E-state index in [-0.39, 0.29) is 0 Å². The quantitative estimate of drug-likeness (QED) is 0.477. The van der Waals surface area contributed by atoms with E-state index in [1.165, 1.54) is 0 Å². The Morgan fingerprint density at radius 3 is 2.64 bits per heavy atom. The smallest absolute Gasteiger partial charge is 0.311 e. The largest absolute Gasteiger partial charge is 0.445 e. The van der Waals surface area contributed by atoms with Crippen molar-refractivity contribution >= 4 is 28.3 Å². The van der Waals surface area contributed by atoms with Gasteiger partial charge in [-0.2, -0.15) is 5.26 Å². The zero-order valence-corrected chi connectivity index (χ0v) is 13.5. The highest BCUT2D eigenvalue weighted by atomic mass is 28.4. The van der Waals surface area contributed by atoms with Crippen LogP contribution < -0.4 is 0 Å². The molecule has 0 spiro atoms. The molecule has 14 heavy (non-hydrogen) atoms. The Morgan fingerprint density at radius 2 is 2.14 bits per heavy atom. The molecule has 4 nitrogen and oxygen atoms in total. The maximum Gasteiger partial charge on any atom is 0.311 e. The lowest BCUT2D eigenvalue weighted by atomic mass is 10.4. The highest BCUT2D eigenvalue weighted by Gasteiger charge is 2.25. The predicted molar refractivity (Wildman–Crippen MR) is 63.4 cm³/mol. The summed E-state index contributed by atoms with van der Waals surface area (Å²) in [5.74, 6) is 0. The molecule has 0 saturated heterocycles. The summed E-state index contributed by atoms with van der Waals surface area (Å²) in [6.45, 7) is 6.69. The Morgan fingerprint density at radius 1 is 1.50 bits per heavy atom. The van der Waals surface area contributed by atoms with Crippen LogP contribution in [0.1, 0.15) is 12.8 Å². The van der Waals surface area contributed by atoms with Gasteiger partial charge in [0.05, 0.1) is 6.07 Å². The maximum atomic E-state index is 8.32. The van der Waals surface area contributed by atoms with Crippen molar-refractivity contribution < 1.29 is 12.7 Å². The number of nitriles is 1. The second-order valence-electron chi connectivity index (χ2n) is 3.42. The summed E-state index contributed by atoms with van der Waals surface area (Å²) in [7, 11) is -2.69. The van der Waals surface area contributed by atoms with Gasteiger partial charge in [0.25, 0.3) is 0 Å². The molecule has 0 aromatic carbocycles. The zero-order chi connectivity index (χ0) is 11.0. The molecule has 0 aliphatic heterocycles. The molecule has 0 N–H and O–H groups in total. The van der Waals surface area contributed by atoms with E-state index in [1.807, 2.05) is 19.6 Å². The SMILES string of the molecule is C[SiH](OCCCC#N)O[Si](C)(C)O[SiH3]. The Kier molecular flexibility index (Phi) is 7.34. The molecule has 0 aliphatic rings. The van der Waals surface area contributed by atoms with Crippen LogP contribution in [0.4, 0.5) is 0 Å². The van der Waals surface area contributed by atoms with Gasteiger partial charge in [0.1, 0.15) is 10.5 Å². The van der Waals surface area contributed by atoms with E-state index < -0.39 is 17.8 Å². The monoisotopic (exact) mass is 249 g/mol. The van der Waals surface area contributed by atoms with E-state index in [9.17, 15) is 0 Å². The van der Waals surface area contributed by atoms with Gasteiger partial charge in [-0.05, 0) is 26.1 Å². The van der Waals surface area contributed by atoms with E-state index in [1.54, 1.807) is 0 Å². The Labute approximate surface area is 91.8 Å². The lowest BCUT2D eigenvalue weighted by Crippen LogP contribution is -2.40. The van der Waals surface area contributed by atoms with Crippen LogP contribution in [-0.4, -0.2) is 34.9 Å². The first-order valence-corrected chi connectivity index (χ1v) is 10.5. The molecule has 0 aromatic rings. The molecule has 0 saturated carbocycles. The molecule has 0 radical (unpaired) electrons. The summed E-state index contributed by atoms with van der Waals surface area (Å²) in [5, 5.41) is 8.32. The Bertz CT molecular complexity index is 195. The molecule has 0 aliphatic carbocycles. The predicted octanol–water partition coefficient (Wildman–Crippen LogP) is 0.172. The van der Waals surface area contributed by atoms with Gasteiger partial charge in [0.2, 0.25) is 0 Å². The van der Waals surface area contributed by atoms with E-state index in [0.29, 0.717) is 13.0 Å². The van der Waals surface area contributed by atoms with E-state index in [2.05, 4.69) is 6.07 Å². The summed E-state index contributed by atoms with van der Waals surface area (Å²) in [6.07, 6.45) is 1.35. The first-order chi connectivity index (χ1) is 6.52. The van der Waals surface area contributed by atoms with Gasteiger partial charge < -0.3 is 12.7 Å². The summed E-state index contributed by atoms with van der Waals surface area (Å²) >= 11 is 0. The minimum Gasteiger partial charge on any atom is -0.445 e. The lowest BCUT2D eigenvalue weighted by molar-refractivity contribution is 0.252. The third kappa shape index (κ3) is 7.43. The van der Waals surface area contributed by atoms with Crippen molar-refractivity contribution in [1.82, 2.24) is 0 Å². The third-order valence-corrected chi connectivity index (χ3v) is 9.96. The van der Waals surface area contributed by atoms with Crippen molar-refractivity contribution in [3.05, 3.63) is 0 Å². The van der Waals surface area contributed by atoms with Crippen molar-refractivity contribution in [2.45, 2.75) is 32.5 Å². The highest BCUT2D eigenvalue weighted by molar-refractivity contribution is 6.73. The summed E-state index contributed by atoms with van der Waals surface area (Å²) in [4.78, 5) is 0. The van der Waals surface area contributed by atoms with Gasteiger partial charge in [-0.25, -0.2) is 0 Å². The van der Waals surface area contributed by atoms with Gasteiger partial charge in [0.15, 0.2) is 0 Å². The molecule has 0 heterocycles. The van der Waals surface area contributed by atoms with Crippen LogP contribution in [0.2, 0.25) is 19.6 Å². The van der Waals surface area contributed by atoms with Crippen LogP contribution in [-0.2, 0) is 12.7 Å². The van der Waals surface area contributed by atoms with Crippen LogP contribution in [0.3, 0.4) is 0 Å². The molecule has 82 valence electrons. The van der Waals surface area contributed by atoms with Gasteiger partial charge in [-0.15, -0.1) is 0 Å². The van der Waals surface area contributed by atoms with E-state index >= 15 is 0 Å². The fourth-order valence-corrected chi connectivity index (χ4v) is 6.10. The highest BCUT2D eigenvalue weighted by Crippen LogP contribution is 2.07. The van der Waals surface area contributed by atoms with E-state index in [4.69, 9.17) is 17.9 Å². The van der Waals surface area contributed by atoms with Crippen molar-refractivity contribution in [2.75, 3.05) is 6.61 Å². The second kappa shape index (κ2) is 7.33. The fraction of sp³-hybridized carbons (Fsp3) is 0.857. The van der Waals surface area contributed by atoms with Gasteiger partial charge in [0, 0.05) is 13.0 Å². The molecule has 1 atom stereocenters. The van der Waals surface area contributed by atoms with Crippen molar-refractivity contribution in [1.29, 1.82) is 5.26 Å². The number of hydrogen-bond acceptors (Lipinski definition) is 4. The summed E-state index contributed by atoms with van der Waals surface area (Å²) in [5.41, 5.74) is 0. The van der Waals surface area contributed by atoms with Gasteiger partial charge in [-0.1, -0.05) is 0 Å². The fourth-order valence-electron chi connectivity index (χ4n) is 0.882. The van der Waals surface area contributed by atoms with Crippen molar-refractivity contribution in [3.8, 4) is 6.07 Å². The minimum atomic E-state index is -1.88. The van der Waals surface area contributed by atoms with Crippen LogP contribution in [0.15, 0.2) is 0 Å². The average Bonchev–Trinajstić information content (AvgIpc) is 2.12. The van der Waals surface area contributed by atoms with Crippen molar-refractivity contribution in [3.63, 3.8) is 0 Å². The third-order valence-electron chi connectivity index (χ3n) is 1.73. The van der Waals surface area contributed by atoms with Gasteiger partial charge >= 0.3 is 17.8 Å². The zero-order valence-electron chi connectivity index (χ0n) is 9.37. The molecule has 7 heteroatoms. The van der Waals surface area contributed by atoms with E-state index in [0.717, 1.165) is 16.9 Å². The van der Waals surface area contributed by atoms with Gasteiger partial charge in [-0.3, -0.25) is 0 Å². The van der Waals surface area contributed by atoms with Crippen LogP contribution in [0, 0.1) is 11.3 Å². The number of hydrogen-bond donors (Lipinski definition) is 0. The number of unbranched alkanes of at least 4 members (excludes halogenated alkanes) is 1. The molecule has 0 rings (SSSR count). The second-order valence-corrected chi connectivity index (χ2v) is 10.3. The number of nitrogens with zero attached hydrogens (tertiary/aromatic N) is 1. The molecule has 1 unspecified atom stereocenters. The van der Waals surface area contributed by atoms with Crippen LogP contribution in [0.25, 0.3) is 0 Å². The van der Waals surface area contributed by atoms with Crippen LogP contribution in [0.5, 0.6) is 0 Å². The minimum absolute atomic E-state index is 0.555. The van der Waals surface area contributed by atoms with Crippen LogP contribution >= 0.6 is 0 Å². The first-order valence-electron chi connectivity index (χ1n) is 4.73. The standard InChI is InChI=1S/C7H19NO3Si3/c1-13(9-7-5-4-6-8)11-14(2,3)10-12/h13H,4-5,7H2,1-3,12H3. The Balaban J connectivity index is 3.56. The average molecular weight is 249 g/mol. The Hall–Kier alpha value is 0.0206. The number of rotatable bonds is 7. The molecule has 0 bridgehead atoms. The van der Waals surface area contributed by atoms with Crippen molar-refractivity contribution in [2.24, 2.45) is 0 Å². The maximum absolute atomic E-state index is 8.32. The molecule has 0 fully saturated rings.